The predicted octanol–water partition coefficient (Wildman–Crippen LogP) is 7.67. The number of aromatic nitrogens is 1. The van der Waals surface area contributed by atoms with Gasteiger partial charge < -0.3 is 44.7 Å². The largest absolute Gasteiger partial charge is 0.460 e. The molecule has 0 aliphatic rings. The molecule has 4 amide bonds. The van der Waals surface area contributed by atoms with Crippen molar-refractivity contribution < 1.29 is 56.9 Å². The van der Waals surface area contributed by atoms with E-state index >= 15 is 4.39 Å². The van der Waals surface area contributed by atoms with Gasteiger partial charge in [-0.15, -0.1) is 0 Å². The monoisotopic (exact) mass is 970 g/mol. The van der Waals surface area contributed by atoms with E-state index in [9.17, 15) is 38.3 Å². The molecule has 376 valence electrons. The molecule has 2 aromatic carbocycles. The van der Waals surface area contributed by atoms with Gasteiger partial charge in [-0.05, 0) is 95.7 Å². The zero-order valence-corrected chi connectivity index (χ0v) is 42.8. The Morgan fingerprint density at radius 3 is 2.04 bits per heavy atom. The van der Waals surface area contributed by atoms with Gasteiger partial charge in [-0.3, -0.25) is 19.2 Å². The first-order valence-electron chi connectivity index (χ1n) is 23.0. The molecule has 0 saturated heterocycles. The van der Waals surface area contributed by atoms with Crippen LogP contribution in [-0.4, -0.2) is 108 Å². The summed E-state index contributed by atoms with van der Waals surface area (Å²) >= 11 is 0. The molecule has 3 rings (SSSR count). The summed E-state index contributed by atoms with van der Waals surface area (Å²) in [6.45, 7) is 21.2. The molecule has 0 aliphatic heterocycles. The molecule has 1 heterocycles. The van der Waals surface area contributed by atoms with E-state index in [1.54, 1.807) is 53.8 Å². The number of ether oxygens (including phenoxy) is 3. The Labute approximate surface area is 401 Å². The van der Waals surface area contributed by atoms with E-state index in [2.05, 4.69) is 35.6 Å². The number of esters is 2. The van der Waals surface area contributed by atoms with Gasteiger partial charge in [-0.25, -0.2) is 18.4 Å². The summed E-state index contributed by atoms with van der Waals surface area (Å²) < 4.78 is 48.0. The number of benzene rings is 2. The molecule has 0 aliphatic carbocycles. The van der Waals surface area contributed by atoms with E-state index in [4.69, 9.17) is 14.2 Å². The molecule has 0 unspecified atom stereocenters. The quantitative estimate of drug-likeness (QED) is 0.0441. The molecule has 68 heavy (non-hydrogen) atoms. The number of rotatable bonds is 22. The van der Waals surface area contributed by atoms with E-state index < -0.39 is 96.8 Å². The number of amides is 4. The SMILES string of the molecule is CC(C)(C)OC(=O)CC[C@@H](NC(=O)CCNC(=O)[C@H](CCN(C(=O)CO)[C@@H](c1cc(-c2cc(F)ccc2F)cn1Cc1ccccc1)C(C)(C)C)NC(=O)OCC[Si](C)(C)C)C(=O)OC(C)(C)C. The first-order chi connectivity index (χ1) is 31.5. The zero-order chi connectivity index (χ0) is 51.2. The zero-order valence-electron chi connectivity index (χ0n) is 41.8. The summed E-state index contributed by atoms with van der Waals surface area (Å²) in [7, 11) is -1.61. The van der Waals surface area contributed by atoms with Crippen LogP contribution in [0.15, 0.2) is 60.8 Å². The van der Waals surface area contributed by atoms with Crippen molar-refractivity contribution in [3.05, 3.63) is 83.7 Å². The molecular formula is C50H73F2N5O10Si. The van der Waals surface area contributed by atoms with Crippen molar-refractivity contribution in [3.63, 3.8) is 0 Å². The van der Waals surface area contributed by atoms with Crippen molar-refractivity contribution in [1.29, 1.82) is 0 Å². The number of alkyl carbamates (subject to hydrolysis) is 1. The van der Waals surface area contributed by atoms with Crippen LogP contribution >= 0.6 is 0 Å². The smallest absolute Gasteiger partial charge is 0.407 e. The highest BCUT2D eigenvalue weighted by Gasteiger charge is 2.38. The number of halogens is 2. The minimum Gasteiger partial charge on any atom is -0.460 e. The van der Waals surface area contributed by atoms with Gasteiger partial charge in [0.25, 0.3) is 0 Å². The van der Waals surface area contributed by atoms with Crippen LogP contribution in [0.1, 0.15) is 105 Å². The highest BCUT2D eigenvalue weighted by molar-refractivity contribution is 6.76. The number of aliphatic hydroxyl groups is 1. The van der Waals surface area contributed by atoms with Crippen LogP contribution in [-0.2, 0) is 44.7 Å². The van der Waals surface area contributed by atoms with Crippen LogP contribution < -0.4 is 16.0 Å². The Balaban J connectivity index is 1.94. The Hall–Kier alpha value is -5.62. The minimum absolute atomic E-state index is 0.00849. The molecule has 1 aromatic heterocycles. The lowest BCUT2D eigenvalue weighted by Gasteiger charge is -2.41. The Kier molecular flexibility index (Phi) is 20.5. The lowest BCUT2D eigenvalue weighted by molar-refractivity contribution is -0.160. The first-order valence-corrected chi connectivity index (χ1v) is 26.7. The van der Waals surface area contributed by atoms with Crippen molar-refractivity contribution >= 4 is 43.8 Å². The van der Waals surface area contributed by atoms with Crippen LogP contribution in [0.5, 0.6) is 0 Å². The Bertz CT molecular complexity index is 2190. The normalized spacial score (nSPS) is 13.4. The van der Waals surface area contributed by atoms with Gasteiger partial charge in [-0.1, -0.05) is 70.7 Å². The van der Waals surface area contributed by atoms with E-state index in [1.807, 2.05) is 55.7 Å². The number of nitrogens with zero attached hydrogens (tertiary/aromatic N) is 2. The van der Waals surface area contributed by atoms with Crippen molar-refractivity contribution in [2.75, 3.05) is 26.3 Å². The maximum atomic E-state index is 15.3. The fourth-order valence-corrected chi connectivity index (χ4v) is 7.95. The van der Waals surface area contributed by atoms with Crippen molar-refractivity contribution in [2.45, 2.75) is 150 Å². The highest BCUT2D eigenvalue weighted by Crippen LogP contribution is 2.41. The number of hydrogen-bond acceptors (Lipinski definition) is 10. The van der Waals surface area contributed by atoms with Crippen LogP contribution in [0.4, 0.5) is 13.6 Å². The third kappa shape index (κ3) is 19.5. The van der Waals surface area contributed by atoms with Crippen LogP contribution in [0.25, 0.3) is 11.1 Å². The van der Waals surface area contributed by atoms with E-state index in [0.29, 0.717) is 17.3 Å². The number of nitrogens with one attached hydrogen (secondary N) is 3. The Morgan fingerprint density at radius 2 is 1.46 bits per heavy atom. The molecule has 0 fully saturated rings. The molecule has 15 nitrogen and oxygen atoms in total. The number of carbonyl (C=O) groups is 6. The van der Waals surface area contributed by atoms with Gasteiger partial charge in [0.05, 0.1) is 12.6 Å². The molecule has 0 bridgehead atoms. The molecule has 0 radical (unpaired) electrons. The topological polar surface area (TPSA) is 195 Å². The number of hydrogen-bond donors (Lipinski definition) is 4. The summed E-state index contributed by atoms with van der Waals surface area (Å²) in [6, 6.07) is 11.6. The predicted molar refractivity (Wildman–Crippen MR) is 258 cm³/mol. The van der Waals surface area contributed by atoms with Gasteiger partial charge in [0.15, 0.2) is 0 Å². The number of carbonyl (C=O) groups excluding carboxylic acids is 6. The lowest BCUT2D eigenvalue weighted by atomic mass is 9.82. The van der Waals surface area contributed by atoms with Crippen LogP contribution in [0.2, 0.25) is 25.7 Å². The third-order valence-corrected chi connectivity index (χ3v) is 12.0. The molecule has 0 spiro atoms. The molecule has 3 atom stereocenters. The van der Waals surface area contributed by atoms with Gasteiger partial charge in [0.1, 0.15) is 41.5 Å². The summed E-state index contributed by atoms with van der Waals surface area (Å²) in [6.07, 6.45) is 0.0246. The van der Waals surface area contributed by atoms with Gasteiger partial charge >= 0.3 is 18.0 Å². The maximum Gasteiger partial charge on any atom is 0.407 e. The van der Waals surface area contributed by atoms with Gasteiger partial charge in [0, 0.05) is 63.6 Å². The van der Waals surface area contributed by atoms with Crippen molar-refractivity contribution in [3.8, 4) is 11.1 Å². The highest BCUT2D eigenvalue weighted by atomic mass is 28.3. The summed E-state index contributed by atoms with van der Waals surface area (Å²) in [5, 5.41) is 18.3. The lowest BCUT2D eigenvalue weighted by Crippen LogP contribution is -2.51. The molecule has 3 aromatic rings. The maximum absolute atomic E-state index is 15.3. The molecule has 4 N–H and O–H groups in total. The fourth-order valence-electron chi connectivity index (χ4n) is 7.24. The third-order valence-electron chi connectivity index (χ3n) is 10.3. The summed E-state index contributed by atoms with van der Waals surface area (Å²) in [5.74, 6) is -4.66. The second kappa shape index (κ2) is 24.6. The van der Waals surface area contributed by atoms with Crippen LogP contribution in [0, 0.1) is 17.0 Å². The van der Waals surface area contributed by atoms with E-state index in [1.165, 1.54) is 4.90 Å². The Morgan fingerprint density at radius 1 is 0.809 bits per heavy atom. The van der Waals surface area contributed by atoms with Crippen molar-refractivity contribution in [1.82, 2.24) is 25.4 Å². The number of aliphatic hydroxyl groups excluding tert-OH is 1. The van der Waals surface area contributed by atoms with Gasteiger partial charge in [-0.2, -0.15) is 0 Å². The van der Waals surface area contributed by atoms with E-state index in [0.717, 1.165) is 23.8 Å². The second-order valence-electron chi connectivity index (χ2n) is 21.2. The molecular weight excluding hydrogens is 897 g/mol. The average molecular weight is 970 g/mol. The summed E-state index contributed by atoms with van der Waals surface area (Å²) in [4.78, 5) is 81.4. The average Bonchev–Trinajstić information content (AvgIpc) is 3.60. The van der Waals surface area contributed by atoms with E-state index in [-0.39, 0.29) is 57.5 Å². The standard InChI is InChI=1S/C50H73F2N5O10Si/c1-48(2,3)44(40-28-34(36-29-35(51)18-19-37(36)52)31-56(40)30-33-16-14-13-15-17-33)57(42(60)32-58)25-23-38(55-47(64)65-26-27-68(10,11)12)45(62)53-24-22-41(59)54-39(46(63)67-50(7,8)9)20-21-43(61)66-49(4,5)6/h13-19,28-29,31,38-39,44,58H,20-27,30,32H2,1-12H3,(H,53,62)(H,54,59)(H,55,64)/t38-,39+,44-/m0/s1. The second-order valence-corrected chi connectivity index (χ2v) is 26.8. The minimum atomic E-state index is -1.61. The first kappa shape index (κ1) is 56.7. The van der Waals surface area contributed by atoms with Crippen LogP contribution in [0.3, 0.4) is 0 Å². The fraction of sp³-hybridized carbons (Fsp3) is 0.560. The van der Waals surface area contributed by atoms with Crippen molar-refractivity contribution in [2.24, 2.45) is 5.41 Å². The molecule has 0 saturated carbocycles. The van der Waals surface area contributed by atoms with Gasteiger partial charge in [0.2, 0.25) is 17.7 Å². The molecule has 18 heteroatoms. The summed E-state index contributed by atoms with van der Waals surface area (Å²) in [5.41, 5.74) is -0.648.